The lowest BCUT2D eigenvalue weighted by Gasteiger charge is -2.15. The first kappa shape index (κ1) is 18.5. The van der Waals surface area contributed by atoms with Crippen LogP contribution >= 0.6 is 0 Å². The van der Waals surface area contributed by atoms with Crippen molar-refractivity contribution in [3.05, 3.63) is 102 Å². The Bertz CT molecular complexity index is 1120. The van der Waals surface area contributed by atoms with Crippen molar-refractivity contribution in [2.45, 2.75) is 12.8 Å². The lowest BCUT2D eigenvalue weighted by atomic mass is 9.92. The van der Waals surface area contributed by atoms with Gasteiger partial charge >= 0.3 is 0 Å². The minimum atomic E-state index is -0.604. The third-order valence-corrected chi connectivity index (χ3v) is 4.79. The summed E-state index contributed by atoms with van der Waals surface area (Å²) in [4.78, 5) is 25.5. The van der Waals surface area contributed by atoms with E-state index >= 15 is 0 Å². The van der Waals surface area contributed by atoms with Crippen molar-refractivity contribution in [3.63, 3.8) is 0 Å². The van der Waals surface area contributed by atoms with Crippen molar-refractivity contribution in [2.24, 2.45) is 5.73 Å². The van der Waals surface area contributed by atoms with Crippen LogP contribution in [0.1, 0.15) is 22.7 Å². The summed E-state index contributed by atoms with van der Waals surface area (Å²) in [6.07, 6.45) is 5.16. The highest BCUT2D eigenvalue weighted by atomic mass is 16.1. The van der Waals surface area contributed by atoms with Gasteiger partial charge in [0.1, 0.15) is 0 Å². The average Bonchev–Trinajstić information content (AvgIpc) is 2.75. The zero-order valence-corrected chi connectivity index (χ0v) is 16.0. The number of aryl methyl sites for hydroxylation is 1. The topological polar surface area (TPSA) is 81.8 Å². The fourth-order valence-electron chi connectivity index (χ4n) is 3.33. The van der Waals surface area contributed by atoms with Crippen LogP contribution in [0.4, 0.5) is 0 Å². The van der Waals surface area contributed by atoms with E-state index in [0.717, 1.165) is 39.3 Å². The first-order chi connectivity index (χ1) is 14.1. The third kappa shape index (κ3) is 4.04. The highest BCUT2D eigenvalue weighted by molar-refractivity contribution is 5.85. The van der Waals surface area contributed by atoms with E-state index in [9.17, 15) is 4.79 Å². The number of primary amides is 1. The van der Waals surface area contributed by atoms with Gasteiger partial charge in [-0.05, 0) is 42.3 Å². The maximum Gasteiger partial charge on any atom is 0.229 e. The van der Waals surface area contributed by atoms with E-state index in [1.165, 1.54) is 0 Å². The second-order valence-electron chi connectivity index (χ2n) is 6.84. The Morgan fingerprint density at radius 3 is 1.93 bits per heavy atom. The van der Waals surface area contributed by atoms with Gasteiger partial charge in [-0.25, -0.2) is 0 Å². The van der Waals surface area contributed by atoms with E-state index in [1.54, 1.807) is 18.6 Å². The fraction of sp³-hybridized carbons (Fsp3) is 0.0833. The Morgan fingerprint density at radius 2 is 1.41 bits per heavy atom. The zero-order valence-electron chi connectivity index (χ0n) is 16.0. The van der Waals surface area contributed by atoms with Gasteiger partial charge in [0.15, 0.2) is 0 Å². The van der Waals surface area contributed by atoms with Crippen LogP contribution in [0, 0.1) is 6.92 Å². The van der Waals surface area contributed by atoms with Gasteiger partial charge in [0, 0.05) is 35.4 Å². The predicted octanol–water partition coefficient (Wildman–Crippen LogP) is 4.13. The van der Waals surface area contributed by atoms with Gasteiger partial charge in [-0.3, -0.25) is 19.7 Å². The smallest absolute Gasteiger partial charge is 0.229 e. The molecule has 0 radical (unpaired) electrons. The molecular formula is C24H20N4O. The third-order valence-electron chi connectivity index (χ3n) is 4.79. The number of carbonyl (C=O) groups excluding carboxylic acids is 1. The molecule has 29 heavy (non-hydrogen) atoms. The number of aromatic nitrogens is 3. The monoisotopic (exact) mass is 380 g/mol. The highest BCUT2D eigenvalue weighted by Crippen LogP contribution is 2.27. The van der Waals surface area contributed by atoms with E-state index in [-0.39, 0.29) is 0 Å². The first-order valence-electron chi connectivity index (χ1n) is 9.31. The van der Waals surface area contributed by atoms with Gasteiger partial charge in [0.05, 0.1) is 17.3 Å². The largest absolute Gasteiger partial charge is 0.369 e. The summed E-state index contributed by atoms with van der Waals surface area (Å²) in [6, 6.07) is 21.4. The highest BCUT2D eigenvalue weighted by Gasteiger charge is 2.21. The minimum absolute atomic E-state index is 0.437. The molecule has 0 saturated heterocycles. The molecule has 1 amide bonds. The standard InChI is InChI=1S/C24H20N4O/c1-16-13-18(11-12-26-16)22-10-8-20(15-28-22)23(24(25)29)19-7-9-21(27-14-19)17-5-3-2-4-6-17/h2-15,23H,1H3,(H2,25,29). The van der Waals surface area contributed by atoms with Crippen LogP contribution < -0.4 is 5.73 Å². The molecule has 0 fully saturated rings. The van der Waals surface area contributed by atoms with Gasteiger partial charge < -0.3 is 5.73 Å². The molecule has 0 aliphatic carbocycles. The van der Waals surface area contributed by atoms with Crippen LogP contribution in [0.3, 0.4) is 0 Å². The number of pyridine rings is 3. The summed E-state index contributed by atoms with van der Waals surface area (Å²) in [5.74, 6) is -1.04. The van der Waals surface area contributed by atoms with E-state index in [4.69, 9.17) is 5.73 Å². The van der Waals surface area contributed by atoms with Crippen molar-refractivity contribution < 1.29 is 4.79 Å². The molecular weight excluding hydrogens is 360 g/mol. The number of hydrogen-bond donors (Lipinski definition) is 1. The molecule has 0 aliphatic heterocycles. The van der Waals surface area contributed by atoms with Crippen LogP contribution in [0.25, 0.3) is 22.5 Å². The van der Waals surface area contributed by atoms with E-state index in [1.807, 2.05) is 73.7 Å². The number of carbonyl (C=O) groups is 1. The molecule has 0 aliphatic rings. The van der Waals surface area contributed by atoms with Crippen LogP contribution in [-0.4, -0.2) is 20.9 Å². The number of benzene rings is 1. The molecule has 4 rings (SSSR count). The molecule has 3 heterocycles. The second-order valence-corrected chi connectivity index (χ2v) is 6.84. The van der Waals surface area contributed by atoms with Crippen LogP contribution in [-0.2, 0) is 4.79 Å². The number of amides is 1. The molecule has 4 aromatic rings. The number of nitrogens with two attached hydrogens (primary N) is 1. The van der Waals surface area contributed by atoms with Gasteiger partial charge in [0.25, 0.3) is 0 Å². The number of rotatable bonds is 5. The Morgan fingerprint density at radius 1 is 0.793 bits per heavy atom. The Balaban J connectivity index is 1.63. The fourth-order valence-corrected chi connectivity index (χ4v) is 3.33. The molecule has 0 bridgehead atoms. The van der Waals surface area contributed by atoms with Gasteiger partial charge in [-0.2, -0.15) is 0 Å². The van der Waals surface area contributed by atoms with Crippen molar-refractivity contribution in [2.75, 3.05) is 0 Å². The van der Waals surface area contributed by atoms with Crippen molar-refractivity contribution in [3.8, 4) is 22.5 Å². The summed E-state index contributed by atoms with van der Waals surface area (Å²) in [6.45, 7) is 1.94. The quantitative estimate of drug-likeness (QED) is 0.564. The molecule has 2 N–H and O–H groups in total. The lowest BCUT2D eigenvalue weighted by molar-refractivity contribution is -0.118. The average molecular weight is 380 g/mol. The number of nitrogens with zero attached hydrogens (tertiary/aromatic N) is 3. The van der Waals surface area contributed by atoms with Crippen LogP contribution in [0.2, 0.25) is 0 Å². The maximum atomic E-state index is 12.2. The maximum absolute atomic E-state index is 12.2. The SMILES string of the molecule is Cc1cc(-c2ccc(C(C(N)=O)c3ccc(-c4ccccc4)nc3)cn2)ccn1. The lowest BCUT2D eigenvalue weighted by Crippen LogP contribution is -2.22. The molecule has 1 unspecified atom stereocenters. The molecule has 0 saturated carbocycles. The van der Waals surface area contributed by atoms with Crippen molar-refractivity contribution in [1.82, 2.24) is 15.0 Å². The van der Waals surface area contributed by atoms with E-state index < -0.39 is 11.8 Å². The molecule has 142 valence electrons. The Labute approximate surface area is 169 Å². The molecule has 5 nitrogen and oxygen atoms in total. The number of hydrogen-bond acceptors (Lipinski definition) is 4. The predicted molar refractivity (Wildman–Crippen MR) is 113 cm³/mol. The molecule has 1 atom stereocenters. The van der Waals surface area contributed by atoms with Gasteiger partial charge in [-0.1, -0.05) is 42.5 Å². The molecule has 5 heteroatoms. The Hall–Kier alpha value is -3.86. The molecule has 0 spiro atoms. The van der Waals surface area contributed by atoms with Gasteiger partial charge in [0.2, 0.25) is 5.91 Å². The minimum Gasteiger partial charge on any atom is -0.369 e. The molecule has 3 aromatic heterocycles. The zero-order chi connectivity index (χ0) is 20.2. The van der Waals surface area contributed by atoms with Crippen molar-refractivity contribution >= 4 is 5.91 Å². The van der Waals surface area contributed by atoms with Crippen LogP contribution in [0.15, 0.2) is 85.3 Å². The summed E-state index contributed by atoms with van der Waals surface area (Å²) < 4.78 is 0. The normalized spacial score (nSPS) is 11.8. The first-order valence-corrected chi connectivity index (χ1v) is 9.31. The second kappa shape index (κ2) is 8.02. The van der Waals surface area contributed by atoms with Gasteiger partial charge in [-0.15, -0.1) is 0 Å². The summed E-state index contributed by atoms with van der Waals surface area (Å²) in [5, 5.41) is 0. The Kier molecular flexibility index (Phi) is 5.12. The van der Waals surface area contributed by atoms with E-state index in [0.29, 0.717) is 0 Å². The summed E-state index contributed by atoms with van der Waals surface area (Å²) >= 11 is 0. The van der Waals surface area contributed by atoms with Crippen LogP contribution in [0.5, 0.6) is 0 Å². The van der Waals surface area contributed by atoms with E-state index in [2.05, 4.69) is 15.0 Å². The van der Waals surface area contributed by atoms with Crippen molar-refractivity contribution in [1.29, 1.82) is 0 Å². The summed E-state index contributed by atoms with van der Waals surface area (Å²) in [7, 11) is 0. The molecule has 1 aromatic carbocycles. The summed E-state index contributed by atoms with van der Waals surface area (Å²) in [5.41, 5.74) is 11.8.